The average Bonchev–Trinajstić information content (AvgIpc) is 2.72. The van der Waals surface area contributed by atoms with Crippen LogP contribution in [0.2, 0.25) is 5.02 Å². The number of hydrogen-bond donors (Lipinski definition) is 1. The van der Waals surface area contributed by atoms with Crippen molar-refractivity contribution in [2.75, 3.05) is 11.9 Å². The lowest BCUT2D eigenvalue weighted by atomic mass is 10.1. The van der Waals surface area contributed by atoms with Crippen molar-refractivity contribution in [3.8, 4) is 5.75 Å². The van der Waals surface area contributed by atoms with Gasteiger partial charge in [0, 0.05) is 11.1 Å². The van der Waals surface area contributed by atoms with Gasteiger partial charge in [0.15, 0.2) is 0 Å². The molecule has 0 saturated heterocycles. The predicted octanol–water partition coefficient (Wildman–Crippen LogP) is 6.00. The second-order valence-electron chi connectivity index (χ2n) is 6.28. The van der Waals surface area contributed by atoms with Gasteiger partial charge in [-0.2, -0.15) is 0 Å². The molecule has 0 aliphatic heterocycles. The Labute approximate surface area is 170 Å². The molecule has 0 spiro atoms. The van der Waals surface area contributed by atoms with E-state index in [0.29, 0.717) is 23.1 Å². The first-order chi connectivity index (χ1) is 13.7. The fourth-order valence-electron chi connectivity index (χ4n) is 2.75. The third kappa shape index (κ3) is 6.00. The quantitative estimate of drug-likeness (QED) is 0.377. The first kappa shape index (κ1) is 19.7. The maximum Gasteiger partial charge on any atom is 0.248 e. The number of aryl methyl sites for hydroxylation is 1. The minimum atomic E-state index is -0.236. The van der Waals surface area contributed by atoms with E-state index in [1.165, 1.54) is 11.6 Å². The van der Waals surface area contributed by atoms with Crippen molar-refractivity contribution in [3.05, 3.63) is 101 Å². The molecule has 0 fully saturated rings. The Balaban J connectivity index is 1.54. The van der Waals surface area contributed by atoms with Gasteiger partial charge in [-0.3, -0.25) is 4.79 Å². The Morgan fingerprint density at radius 3 is 2.46 bits per heavy atom. The van der Waals surface area contributed by atoms with Crippen LogP contribution in [0.5, 0.6) is 5.75 Å². The number of anilines is 1. The molecule has 4 heteroatoms. The van der Waals surface area contributed by atoms with Gasteiger partial charge in [0.25, 0.3) is 0 Å². The van der Waals surface area contributed by atoms with Crippen molar-refractivity contribution in [1.82, 2.24) is 0 Å². The molecular formula is C24H22ClNO2. The molecule has 0 aromatic heterocycles. The Morgan fingerprint density at radius 1 is 0.929 bits per heavy atom. The Bertz CT molecular complexity index is 938. The molecule has 0 saturated carbocycles. The Morgan fingerprint density at radius 2 is 1.64 bits per heavy atom. The topological polar surface area (TPSA) is 38.3 Å². The zero-order valence-electron chi connectivity index (χ0n) is 15.5. The molecule has 142 valence electrons. The van der Waals surface area contributed by atoms with Gasteiger partial charge < -0.3 is 10.1 Å². The number of benzene rings is 3. The molecule has 0 unspecified atom stereocenters. The molecule has 0 aliphatic rings. The number of nitrogens with one attached hydrogen (secondary N) is 1. The van der Waals surface area contributed by atoms with E-state index in [-0.39, 0.29) is 5.91 Å². The summed E-state index contributed by atoms with van der Waals surface area (Å²) in [7, 11) is 0. The summed E-state index contributed by atoms with van der Waals surface area (Å²) >= 11 is 6.11. The first-order valence-corrected chi connectivity index (χ1v) is 9.59. The van der Waals surface area contributed by atoms with Gasteiger partial charge >= 0.3 is 0 Å². The molecule has 1 amide bonds. The van der Waals surface area contributed by atoms with Crippen molar-refractivity contribution < 1.29 is 9.53 Å². The van der Waals surface area contributed by atoms with Crippen molar-refractivity contribution in [1.29, 1.82) is 0 Å². The van der Waals surface area contributed by atoms with Crippen molar-refractivity contribution in [3.63, 3.8) is 0 Å². The minimum Gasteiger partial charge on any atom is -0.491 e. The van der Waals surface area contributed by atoms with E-state index in [4.69, 9.17) is 16.3 Å². The fraction of sp³-hybridized carbons (Fsp3) is 0.125. The number of rotatable bonds is 8. The van der Waals surface area contributed by atoms with Gasteiger partial charge in [0.1, 0.15) is 5.75 Å². The number of para-hydroxylation sites is 2. The van der Waals surface area contributed by atoms with E-state index in [0.717, 1.165) is 18.4 Å². The molecule has 0 heterocycles. The molecule has 3 nitrogen and oxygen atoms in total. The number of hydrogen-bond acceptors (Lipinski definition) is 2. The molecular weight excluding hydrogens is 370 g/mol. The highest BCUT2D eigenvalue weighted by molar-refractivity contribution is 6.32. The summed E-state index contributed by atoms with van der Waals surface area (Å²) in [6.07, 6.45) is 5.02. The van der Waals surface area contributed by atoms with Crippen LogP contribution >= 0.6 is 11.6 Å². The zero-order chi connectivity index (χ0) is 19.6. The van der Waals surface area contributed by atoms with E-state index in [1.54, 1.807) is 12.1 Å². The highest BCUT2D eigenvalue weighted by Gasteiger charge is 2.06. The Kier molecular flexibility index (Phi) is 7.28. The molecule has 3 aromatic carbocycles. The summed E-state index contributed by atoms with van der Waals surface area (Å²) in [6.45, 7) is 0.581. The Hall–Kier alpha value is -3.04. The maximum absolute atomic E-state index is 12.3. The summed E-state index contributed by atoms with van der Waals surface area (Å²) in [6, 6.07) is 25.1. The van der Waals surface area contributed by atoms with Gasteiger partial charge in [0.2, 0.25) is 5.91 Å². The van der Waals surface area contributed by atoms with Gasteiger partial charge in [-0.15, -0.1) is 0 Å². The summed E-state index contributed by atoms with van der Waals surface area (Å²) in [5, 5.41) is 3.47. The predicted molar refractivity (Wildman–Crippen MR) is 116 cm³/mol. The first-order valence-electron chi connectivity index (χ1n) is 9.22. The molecule has 0 aliphatic carbocycles. The standard InChI is InChI=1S/C24H22ClNO2/c25-21-13-5-4-12-20(21)16-17-24(27)26-22-14-6-7-15-23(22)28-18-8-11-19-9-2-1-3-10-19/h1-7,9-10,12-17H,8,11,18H2,(H,26,27)/b17-16+. The van der Waals surface area contributed by atoms with Gasteiger partial charge in [-0.25, -0.2) is 0 Å². The number of carbonyl (C=O) groups excluding carboxylic acids is 1. The summed E-state index contributed by atoms with van der Waals surface area (Å²) in [5.74, 6) is 0.426. The third-order valence-corrected chi connectivity index (χ3v) is 4.52. The van der Waals surface area contributed by atoms with Crippen LogP contribution in [0, 0.1) is 0 Å². The van der Waals surface area contributed by atoms with Crippen LogP contribution in [0.15, 0.2) is 84.9 Å². The van der Waals surface area contributed by atoms with Gasteiger partial charge in [0.05, 0.1) is 12.3 Å². The van der Waals surface area contributed by atoms with Crippen LogP contribution in [-0.4, -0.2) is 12.5 Å². The molecule has 0 radical (unpaired) electrons. The SMILES string of the molecule is O=C(/C=C/c1ccccc1Cl)Nc1ccccc1OCCCc1ccccc1. The molecule has 3 rings (SSSR count). The second kappa shape index (κ2) is 10.3. The maximum atomic E-state index is 12.3. The summed E-state index contributed by atoms with van der Waals surface area (Å²) in [4.78, 5) is 12.3. The van der Waals surface area contributed by atoms with Crippen molar-refractivity contribution >= 4 is 29.3 Å². The lowest BCUT2D eigenvalue weighted by Gasteiger charge is -2.11. The van der Waals surface area contributed by atoms with Crippen LogP contribution in [0.4, 0.5) is 5.69 Å². The van der Waals surface area contributed by atoms with E-state index >= 15 is 0 Å². The van der Waals surface area contributed by atoms with Gasteiger partial charge in [-0.05, 0) is 48.2 Å². The molecule has 0 bridgehead atoms. The van der Waals surface area contributed by atoms with Crippen LogP contribution in [0.1, 0.15) is 17.5 Å². The lowest BCUT2D eigenvalue weighted by molar-refractivity contribution is -0.111. The fourth-order valence-corrected chi connectivity index (χ4v) is 2.95. The minimum absolute atomic E-state index is 0.236. The number of ether oxygens (including phenoxy) is 1. The largest absolute Gasteiger partial charge is 0.491 e. The van der Waals surface area contributed by atoms with Crippen molar-refractivity contribution in [2.45, 2.75) is 12.8 Å². The van der Waals surface area contributed by atoms with Crippen LogP contribution in [0.25, 0.3) is 6.08 Å². The third-order valence-electron chi connectivity index (χ3n) is 4.17. The number of amides is 1. The van der Waals surface area contributed by atoms with Gasteiger partial charge in [-0.1, -0.05) is 72.3 Å². The summed E-state index contributed by atoms with van der Waals surface area (Å²) in [5.41, 5.74) is 2.73. The molecule has 28 heavy (non-hydrogen) atoms. The number of halogens is 1. The lowest BCUT2D eigenvalue weighted by Crippen LogP contribution is -2.10. The second-order valence-corrected chi connectivity index (χ2v) is 6.69. The van der Waals surface area contributed by atoms with E-state index in [1.807, 2.05) is 60.7 Å². The van der Waals surface area contributed by atoms with Crippen molar-refractivity contribution in [2.24, 2.45) is 0 Å². The van der Waals surface area contributed by atoms with Crippen LogP contribution in [-0.2, 0) is 11.2 Å². The van der Waals surface area contributed by atoms with Crippen LogP contribution in [0.3, 0.4) is 0 Å². The smallest absolute Gasteiger partial charge is 0.248 e. The normalized spacial score (nSPS) is 10.8. The highest BCUT2D eigenvalue weighted by Crippen LogP contribution is 2.24. The number of carbonyl (C=O) groups is 1. The molecule has 0 atom stereocenters. The summed E-state index contributed by atoms with van der Waals surface area (Å²) < 4.78 is 5.88. The molecule has 3 aromatic rings. The van der Waals surface area contributed by atoms with E-state index < -0.39 is 0 Å². The van der Waals surface area contributed by atoms with E-state index in [9.17, 15) is 4.79 Å². The molecule has 1 N–H and O–H groups in total. The highest BCUT2D eigenvalue weighted by atomic mass is 35.5. The van der Waals surface area contributed by atoms with E-state index in [2.05, 4.69) is 17.4 Å². The zero-order valence-corrected chi connectivity index (χ0v) is 16.2. The average molecular weight is 392 g/mol. The van der Waals surface area contributed by atoms with Crippen LogP contribution < -0.4 is 10.1 Å². The monoisotopic (exact) mass is 391 g/mol.